The van der Waals surface area contributed by atoms with Gasteiger partial charge in [0, 0.05) is 54.5 Å². The van der Waals surface area contributed by atoms with Crippen LogP contribution in [0.5, 0.6) is 0 Å². The molecule has 2 aliphatic rings. The van der Waals surface area contributed by atoms with Crippen LogP contribution in [0.4, 0.5) is 23.2 Å². The topological polar surface area (TPSA) is 62.2 Å². The molecule has 31 heavy (non-hydrogen) atoms. The Morgan fingerprint density at radius 3 is 2.45 bits per heavy atom. The Bertz CT molecular complexity index is 982. The zero-order valence-electron chi connectivity index (χ0n) is 16.9. The Morgan fingerprint density at radius 1 is 1.10 bits per heavy atom. The average molecular weight is 436 g/mol. The van der Waals surface area contributed by atoms with E-state index in [9.17, 15) is 27.5 Å². The van der Waals surface area contributed by atoms with Gasteiger partial charge in [-0.05, 0) is 49.9 Å². The van der Waals surface area contributed by atoms with E-state index < -0.39 is 23.0 Å². The van der Waals surface area contributed by atoms with Gasteiger partial charge in [-0.2, -0.15) is 0 Å². The summed E-state index contributed by atoms with van der Waals surface area (Å²) in [4.78, 5) is 17.1. The molecule has 0 aliphatic heterocycles. The maximum Gasteiger partial charge on any atom is 0.248 e. The number of aromatic nitrogens is 1. The number of rotatable bonds is 6. The monoisotopic (exact) mass is 436 g/mol. The molecule has 2 N–H and O–H groups in total. The molecule has 2 saturated carbocycles. The van der Waals surface area contributed by atoms with Gasteiger partial charge in [-0.3, -0.25) is 9.78 Å². The fourth-order valence-corrected chi connectivity index (χ4v) is 4.25. The molecule has 8 heteroatoms. The SMILES string of the molecule is O=C(CC1(CO)CC1)Nc1c(-c2cc(F)ccc2F)ccnc1C1CCC(F)(F)CC1. The van der Waals surface area contributed by atoms with E-state index >= 15 is 0 Å². The number of carbonyl (C=O) groups is 1. The van der Waals surface area contributed by atoms with Crippen molar-refractivity contribution in [2.24, 2.45) is 5.41 Å². The third kappa shape index (κ3) is 4.74. The summed E-state index contributed by atoms with van der Waals surface area (Å²) in [6, 6.07) is 4.52. The maximum absolute atomic E-state index is 14.6. The van der Waals surface area contributed by atoms with Crippen molar-refractivity contribution in [2.75, 3.05) is 11.9 Å². The molecular weight excluding hydrogens is 412 g/mol. The molecular formula is C23H24F4N2O2. The Labute approximate surface area is 177 Å². The van der Waals surface area contributed by atoms with Crippen LogP contribution in [0.25, 0.3) is 11.1 Å². The second-order valence-corrected chi connectivity index (χ2v) is 8.76. The van der Waals surface area contributed by atoms with Crippen LogP contribution in [0.2, 0.25) is 0 Å². The van der Waals surface area contributed by atoms with Crippen molar-refractivity contribution in [1.82, 2.24) is 4.98 Å². The maximum atomic E-state index is 14.6. The van der Waals surface area contributed by atoms with Gasteiger partial charge in [-0.25, -0.2) is 17.6 Å². The normalized spacial score (nSPS) is 19.8. The van der Waals surface area contributed by atoms with Crippen LogP contribution in [0.1, 0.15) is 56.6 Å². The first-order valence-electron chi connectivity index (χ1n) is 10.4. The van der Waals surface area contributed by atoms with Gasteiger partial charge in [0.25, 0.3) is 0 Å². The van der Waals surface area contributed by atoms with E-state index in [0.29, 0.717) is 5.69 Å². The van der Waals surface area contributed by atoms with E-state index in [2.05, 4.69) is 10.3 Å². The Kier molecular flexibility index (Phi) is 5.77. The number of alkyl halides is 2. The number of halogens is 4. The molecule has 0 atom stereocenters. The summed E-state index contributed by atoms with van der Waals surface area (Å²) in [7, 11) is 0. The van der Waals surface area contributed by atoms with E-state index in [0.717, 1.165) is 31.0 Å². The van der Waals surface area contributed by atoms with Crippen LogP contribution >= 0.6 is 0 Å². The molecule has 1 heterocycles. The fraction of sp³-hybridized carbons (Fsp3) is 0.478. The highest BCUT2D eigenvalue weighted by Gasteiger charge is 2.44. The molecule has 166 valence electrons. The third-order valence-corrected chi connectivity index (χ3v) is 6.40. The van der Waals surface area contributed by atoms with Gasteiger partial charge in [-0.15, -0.1) is 0 Å². The summed E-state index contributed by atoms with van der Waals surface area (Å²) in [6.45, 7) is -0.108. The van der Waals surface area contributed by atoms with E-state index in [-0.39, 0.29) is 67.4 Å². The van der Waals surface area contributed by atoms with Gasteiger partial charge in [0.15, 0.2) is 0 Å². The minimum atomic E-state index is -2.73. The van der Waals surface area contributed by atoms with E-state index in [1.807, 2.05) is 0 Å². The first-order chi connectivity index (χ1) is 14.7. The lowest BCUT2D eigenvalue weighted by Gasteiger charge is -2.29. The van der Waals surface area contributed by atoms with Crippen LogP contribution in [-0.4, -0.2) is 28.5 Å². The molecule has 4 nitrogen and oxygen atoms in total. The quantitative estimate of drug-likeness (QED) is 0.595. The van der Waals surface area contributed by atoms with Crippen molar-refractivity contribution >= 4 is 11.6 Å². The zero-order chi connectivity index (χ0) is 22.2. The van der Waals surface area contributed by atoms with Gasteiger partial charge >= 0.3 is 0 Å². The average Bonchev–Trinajstić information content (AvgIpc) is 3.50. The van der Waals surface area contributed by atoms with Crippen molar-refractivity contribution in [1.29, 1.82) is 0 Å². The lowest BCUT2D eigenvalue weighted by Crippen LogP contribution is -2.26. The van der Waals surface area contributed by atoms with Gasteiger partial charge < -0.3 is 10.4 Å². The summed E-state index contributed by atoms with van der Waals surface area (Å²) >= 11 is 0. The Morgan fingerprint density at radius 2 is 1.81 bits per heavy atom. The largest absolute Gasteiger partial charge is 0.396 e. The van der Waals surface area contributed by atoms with Gasteiger partial charge in [0.2, 0.25) is 11.8 Å². The van der Waals surface area contributed by atoms with Crippen molar-refractivity contribution in [3.8, 4) is 11.1 Å². The van der Waals surface area contributed by atoms with E-state index in [1.54, 1.807) is 0 Å². The first-order valence-corrected chi connectivity index (χ1v) is 10.4. The number of pyridine rings is 1. The van der Waals surface area contributed by atoms with Gasteiger partial charge in [0.05, 0.1) is 11.4 Å². The molecule has 1 amide bonds. The molecule has 2 aliphatic carbocycles. The molecule has 1 aromatic carbocycles. The van der Waals surface area contributed by atoms with E-state index in [4.69, 9.17) is 0 Å². The summed E-state index contributed by atoms with van der Waals surface area (Å²) in [5.74, 6) is -4.75. The van der Waals surface area contributed by atoms with Crippen molar-refractivity contribution < 1.29 is 27.5 Å². The highest BCUT2D eigenvalue weighted by atomic mass is 19.3. The van der Waals surface area contributed by atoms with Crippen molar-refractivity contribution in [2.45, 2.75) is 56.8 Å². The number of nitrogens with zero attached hydrogens (tertiary/aromatic N) is 1. The Hall–Kier alpha value is -2.48. The van der Waals surface area contributed by atoms with Gasteiger partial charge in [-0.1, -0.05) is 0 Å². The number of nitrogens with one attached hydrogen (secondary N) is 1. The van der Waals surface area contributed by atoms with Crippen LogP contribution in [0.15, 0.2) is 30.5 Å². The molecule has 2 fully saturated rings. The number of carbonyl (C=O) groups excluding carboxylic acids is 1. The van der Waals surface area contributed by atoms with Crippen molar-refractivity contribution in [3.05, 3.63) is 47.8 Å². The molecule has 0 spiro atoms. The molecule has 0 unspecified atom stereocenters. The summed E-state index contributed by atoms with van der Waals surface area (Å²) in [5.41, 5.74) is 0.397. The molecule has 0 saturated heterocycles. The van der Waals surface area contributed by atoms with Crippen LogP contribution in [-0.2, 0) is 4.79 Å². The number of aliphatic hydroxyl groups excluding tert-OH is 1. The van der Waals surface area contributed by atoms with Crippen molar-refractivity contribution in [3.63, 3.8) is 0 Å². The lowest BCUT2D eigenvalue weighted by atomic mass is 9.83. The number of anilines is 1. The van der Waals surface area contributed by atoms with Gasteiger partial charge in [0.1, 0.15) is 11.6 Å². The highest BCUT2D eigenvalue weighted by Crippen LogP contribution is 2.49. The lowest BCUT2D eigenvalue weighted by molar-refractivity contribution is -0.117. The molecule has 0 bridgehead atoms. The zero-order valence-corrected chi connectivity index (χ0v) is 16.9. The first kappa shape index (κ1) is 21.7. The summed E-state index contributed by atoms with van der Waals surface area (Å²) in [6.07, 6.45) is 2.76. The third-order valence-electron chi connectivity index (χ3n) is 6.40. The fourth-order valence-electron chi connectivity index (χ4n) is 4.25. The smallest absolute Gasteiger partial charge is 0.248 e. The summed E-state index contributed by atoms with van der Waals surface area (Å²) < 4.78 is 55.8. The molecule has 1 aromatic heterocycles. The minimum absolute atomic E-state index is 0.0385. The second-order valence-electron chi connectivity index (χ2n) is 8.76. The number of amides is 1. The predicted molar refractivity (Wildman–Crippen MR) is 108 cm³/mol. The number of benzene rings is 1. The second kappa shape index (κ2) is 8.22. The minimum Gasteiger partial charge on any atom is -0.396 e. The predicted octanol–water partition coefficient (Wildman–Crippen LogP) is 5.42. The van der Waals surface area contributed by atoms with E-state index in [1.165, 1.54) is 12.3 Å². The van der Waals surface area contributed by atoms with Crippen LogP contribution in [0.3, 0.4) is 0 Å². The number of hydrogen-bond donors (Lipinski definition) is 2. The van der Waals surface area contributed by atoms with Crippen LogP contribution in [0, 0.1) is 17.0 Å². The number of hydrogen-bond acceptors (Lipinski definition) is 3. The summed E-state index contributed by atoms with van der Waals surface area (Å²) in [5, 5.41) is 12.3. The highest BCUT2D eigenvalue weighted by molar-refractivity contribution is 5.97. The molecule has 4 rings (SSSR count). The Balaban J connectivity index is 1.72. The molecule has 0 radical (unpaired) electrons. The number of aliphatic hydroxyl groups is 1. The molecule has 2 aromatic rings. The standard InChI is InChI=1S/C23H24F4N2O2/c24-15-1-2-18(25)17(11-15)16-5-10-28-20(14-3-6-23(26,27)7-4-14)21(16)29-19(31)12-22(13-30)8-9-22/h1-2,5,10-11,14,30H,3-4,6-9,12-13H2,(H,29,31). The van der Waals surface area contributed by atoms with Crippen LogP contribution < -0.4 is 5.32 Å².